The molecule has 21 heavy (non-hydrogen) atoms. The molecule has 2 aromatic rings. The number of halogens is 3. The largest absolute Gasteiger partial charge is 0.417 e. The molecule has 0 aliphatic heterocycles. The van der Waals surface area contributed by atoms with E-state index in [0.717, 1.165) is 6.07 Å². The van der Waals surface area contributed by atoms with E-state index in [9.17, 15) is 13.2 Å². The third-order valence-corrected chi connectivity index (χ3v) is 3.48. The summed E-state index contributed by atoms with van der Waals surface area (Å²) in [4.78, 5) is 4.57. The molecule has 1 aromatic heterocycles. The predicted molar refractivity (Wildman–Crippen MR) is 72.3 cm³/mol. The van der Waals surface area contributed by atoms with E-state index >= 15 is 0 Å². The summed E-state index contributed by atoms with van der Waals surface area (Å²) in [5, 5.41) is 11.9. The van der Waals surface area contributed by atoms with E-state index < -0.39 is 17.6 Å². The van der Waals surface area contributed by atoms with Crippen molar-refractivity contribution >= 4 is 17.6 Å². The molecule has 110 valence electrons. The minimum atomic E-state index is -4.58. The molecule has 0 unspecified atom stereocenters. The van der Waals surface area contributed by atoms with Crippen LogP contribution in [-0.4, -0.2) is 16.0 Å². The van der Waals surface area contributed by atoms with Gasteiger partial charge in [-0.05, 0) is 30.3 Å². The smallest absolute Gasteiger partial charge is 0.409 e. The van der Waals surface area contributed by atoms with Gasteiger partial charge < -0.3 is 10.9 Å². The molecular weight excluding hydrogens is 303 g/mol. The van der Waals surface area contributed by atoms with Gasteiger partial charge >= 0.3 is 6.18 Å². The van der Waals surface area contributed by atoms with Crippen LogP contribution in [0, 0.1) is 0 Å². The number of oxime groups is 1. The van der Waals surface area contributed by atoms with E-state index in [1.807, 2.05) is 0 Å². The quantitative estimate of drug-likeness (QED) is 0.394. The zero-order chi connectivity index (χ0) is 15.5. The van der Waals surface area contributed by atoms with Gasteiger partial charge in [-0.1, -0.05) is 23.0 Å². The van der Waals surface area contributed by atoms with Gasteiger partial charge in [-0.25, -0.2) is 4.98 Å². The minimum absolute atomic E-state index is 0.370. The molecule has 0 spiro atoms. The Balaban J connectivity index is 2.43. The first-order chi connectivity index (χ1) is 9.91. The number of hydrogen-bond donors (Lipinski definition) is 2. The number of nitrogens with two attached hydrogens (primary N) is 1. The first-order valence-electron chi connectivity index (χ1n) is 5.70. The summed E-state index contributed by atoms with van der Waals surface area (Å²) in [6, 6.07) is 8.67. The van der Waals surface area contributed by atoms with Crippen molar-refractivity contribution in [3.63, 3.8) is 0 Å². The topological polar surface area (TPSA) is 71.5 Å². The third-order valence-electron chi connectivity index (χ3n) is 2.54. The summed E-state index contributed by atoms with van der Waals surface area (Å²) in [5.41, 5.74) is 4.00. The Labute approximate surface area is 122 Å². The van der Waals surface area contributed by atoms with E-state index in [0.29, 0.717) is 9.92 Å². The van der Waals surface area contributed by atoms with Crippen molar-refractivity contribution in [1.82, 2.24) is 4.98 Å². The first kappa shape index (κ1) is 15.2. The van der Waals surface area contributed by atoms with Crippen LogP contribution in [0.3, 0.4) is 0 Å². The Bertz CT molecular complexity index is 659. The van der Waals surface area contributed by atoms with Crippen LogP contribution in [0.15, 0.2) is 57.7 Å². The van der Waals surface area contributed by atoms with Gasteiger partial charge in [0.1, 0.15) is 5.03 Å². The van der Waals surface area contributed by atoms with E-state index in [1.165, 1.54) is 23.9 Å². The number of amidine groups is 1. The fourth-order valence-corrected chi connectivity index (χ4v) is 2.44. The van der Waals surface area contributed by atoms with Crippen LogP contribution in [0.4, 0.5) is 13.2 Å². The maximum Gasteiger partial charge on any atom is 0.417 e. The second kappa shape index (κ2) is 6.04. The van der Waals surface area contributed by atoms with Gasteiger partial charge in [-0.15, -0.1) is 0 Å². The Hall–Kier alpha value is -2.22. The standard InChI is InChI=1S/C13H10F3N3OS/c14-13(15,16)10-5-4-8(7-9(10)12(17)19-20)21-11-3-1-2-6-18-11/h1-7,20H,(H2,17,19). The molecule has 3 N–H and O–H groups in total. The Morgan fingerprint density at radius 3 is 2.57 bits per heavy atom. The SMILES string of the molecule is N/C(=N/O)c1cc(Sc2ccccn2)ccc1C(F)(F)F. The normalized spacial score (nSPS) is 12.4. The molecule has 2 rings (SSSR count). The number of hydrogen-bond acceptors (Lipinski definition) is 4. The monoisotopic (exact) mass is 313 g/mol. The van der Waals surface area contributed by atoms with Crippen molar-refractivity contribution < 1.29 is 18.4 Å². The van der Waals surface area contributed by atoms with Gasteiger partial charge in [0.25, 0.3) is 0 Å². The number of benzene rings is 1. The van der Waals surface area contributed by atoms with Crippen molar-refractivity contribution in [2.45, 2.75) is 16.1 Å². The van der Waals surface area contributed by atoms with Gasteiger partial charge in [-0.3, -0.25) is 0 Å². The average molecular weight is 313 g/mol. The Morgan fingerprint density at radius 1 is 1.24 bits per heavy atom. The molecule has 0 fully saturated rings. The summed E-state index contributed by atoms with van der Waals surface area (Å²) in [6.07, 6.45) is -3.00. The molecule has 0 bridgehead atoms. The fourth-order valence-electron chi connectivity index (χ4n) is 1.63. The van der Waals surface area contributed by atoms with Crippen LogP contribution in [-0.2, 0) is 6.18 Å². The Morgan fingerprint density at radius 2 is 2.00 bits per heavy atom. The highest BCUT2D eigenvalue weighted by atomic mass is 32.2. The highest BCUT2D eigenvalue weighted by Crippen LogP contribution is 2.35. The maximum absolute atomic E-state index is 12.9. The second-order valence-corrected chi connectivity index (χ2v) is 5.05. The molecule has 0 amide bonds. The molecule has 0 saturated carbocycles. The maximum atomic E-state index is 12.9. The highest BCUT2D eigenvalue weighted by molar-refractivity contribution is 7.99. The van der Waals surface area contributed by atoms with E-state index in [-0.39, 0.29) is 5.56 Å². The molecular formula is C13H10F3N3OS. The summed E-state index contributed by atoms with van der Waals surface area (Å²) in [7, 11) is 0. The molecule has 0 atom stereocenters. The van der Waals surface area contributed by atoms with Crippen molar-refractivity contribution in [3.8, 4) is 0 Å². The van der Waals surface area contributed by atoms with Crippen molar-refractivity contribution in [1.29, 1.82) is 0 Å². The average Bonchev–Trinajstić information content (AvgIpc) is 2.46. The third kappa shape index (κ3) is 3.66. The second-order valence-electron chi connectivity index (χ2n) is 3.96. The van der Waals surface area contributed by atoms with Crippen LogP contribution in [0.2, 0.25) is 0 Å². The zero-order valence-electron chi connectivity index (χ0n) is 10.5. The molecule has 8 heteroatoms. The van der Waals surface area contributed by atoms with Gasteiger partial charge in [0.05, 0.1) is 5.56 Å². The van der Waals surface area contributed by atoms with E-state index in [4.69, 9.17) is 10.9 Å². The van der Waals surface area contributed by atoms with E-state index in [2.05, 4.69) is 10.1 Å². The summed E-state index contributed by atoms with van der Waals surface area (Å²) in [6.45, 7) is 0. The first-order valence-corrected chi connectivity index (χ1v) is 6.51. The lowest BCUT2D eigenvalue weighted by Crippen LogP contribution is -2.20. The van der Waals surface area contributed by atoms with E-state index in [1.54, 1.807) is 24.4 Å². The highest BCUT2D eigenvalue weighted by Gasteiger charge is 2.34. The number of alkyl halides is 3. The van der Waals surface area contributed by atoms with Gasteiger partial charge in [0.2, 0.25) is 0 Å². The molecule has 0 saturated heterocycles. The summed E-state index contributed by atoms with van der Waals surface area (Å²) < 4.78 is 38.7. The lowest BCUT2D eigenvalue weighted by molar-refractivity contribution is -0.137. The lowest BCUT2D eigenvalue weighted by atomic mass is 10.1. The zero-order valence-corrected chi connectivity index (χ0v) is 11.3. The lowest BCUT2D eigenvalue weighted by Gasteiger charge is -2.13. The fraction of sp³-hybridized carbons (Fsp3) is 0.0769. The summed E-state index contributed by atoms with van der Waals surface area (Å²) >= 11 is 1.18. The molecule has 0 aliphatic rings. The number of nitrogens with zero attached hydrogens (tertiary/aromatic N) is 2. The molecule has 4 nitrogen and oxygen atoms in total. The van der Waals surface area contributed by atoms with Crippen LogP contribution >= 0.6 is 11.8 Å². The van der Waals surface area contributed by atoms with Gasteiger partial charge in [-0.2, -0.15) is 13.2 Å². The summed E-state index contributed by atoms with van der Waals surface area (Å²) in [5.74, 6) is -0.592. The number of aromatic nitrogens is 1. The van der Waals surface area contributed by atoms with Crippen LogP contribution in [0.25, 0.3) is 0 Å². The predicted octanol–water partition coefficient (Wildman–Crippen LogP) is 3.35. The van der Waals surface area contributed by atoms with Gasteiger partial charge in [0, 0.05) is 16.7 Å². The van der Waals surface area contributed by atoms with Crippen LogP contribution in [0.1, 0.15) is 11.1 Å². The molecule has 0 radical (unpaired) electrons. The molecule has 0 aliphatic carbocycles. The van der Waals surface area contributed by atoms with Gasteiger partial charge in [0.15, 0.2) is 5.84 Å². The minimum Gasteiger partial charge on any atom is -0.409 e. The Kier molecular flexibility index (Phi) is 4.37. The number of pyridine rings is 1. The molecule has 1 heterocycles. The van der Waals surface area contributed by atoms with Crippen LogP contribution < -0.4 is 5.73 Å². The molecule has 1 aromatic carbocycles. The van der Waals surface area contributed by atoms with Crippen molar-refractivity contribution in [2.75, 3.05) is 0 Å². The number of rotatable bonds is 3. The van der Waals surface area contributed by atoms with Crippen molar-refractivity contribution in [2.24, 2.45) is 10.9 Å². The van der Waals surface area contributed by atoms with Crippen LogP contribution in [0.5, 0.6) is 0 Å². The van der Waals surface area contributed by atoms with Crippen molar-refractivity contribution in [3.05, 3.63) is 53.7 Å².